The Kier molecular flexibility index (Phi) is 5.77. The smallest absolute Gasteiger partial charge is 0.237 e. The first-order valence-corrected chi connectivity index (χ1v) is 6.40. The Hall–Kier alpha value is -0.660. The standard InChI is InChI=1S/C8H19N3O3S/c1-6(2)7(9)8(12)11-4-5-15(13,14)10-3/h6-7,10H,4-5,9H2,1-3H3,(H,11,12). The summed E-state index contributed by atoms with van der Waals surface area (Å²) in [5.74, 6) is -0.428. The summed E-state index contributed by atoms with van der Waals surface area (Å²) in [6.07, 6.45) is 0. The van der Waals surface area contributed by atoms with Crippen molar-refractivity contribution in [2.45, 2.75) is 19.9 Å². The fraction of sp³-hybridized carbons (Fsp3) is 0.875. The SMILES string of the molecule is CNS(=O)(=O)CCNC(=O)C(N)C(C)C. The first kappa shape index (κ1) is 14.3. The topological polar surface area (TPSA) is 101 Å². The quantitative estimate of drug-likeness (QED) is 0.531. The van der Waals surface area contributed by atoms with Crippen LogP contribution in [0.15, 0.2) is 0 Å². The minimum atomic E-state index is -3.27. The molecule has 1 atom stereocenters. The van der Waals surface area contributed by atoms with Gasteiger partial charge in [-0.25, -0.2) is 13.1 Å². The maximum absolute atomic E-state index is 11.3. The van der Waals surface area contributed by atoms with Crippen LogP contribution in [0.4, 0.5) is 0 Å². The average Bonchev–Trinajstić information content (AvgIpc) is 2.16. The van der Waals surface area contributed by atoms with Crippen LogP contribution in [0.1, 0.15) is 13.8 Å². The zero-order valence-corrected chi connectivity index (χ0v) is 10.1. The van der Waals surface area contributed by atoms with Crippen LogP contribution in [0.5, 0.6) is 0 Å². The number of nitrogens with one attached hydrogen (secondary N) is 2. The number of amides is 1. The third kappa shape index (κ3) is 5.71. The van der Waals surface area contributed by atoms with Gasteiger partial charge in [-0.05, 0) is 13.0 Å². The van der Waals surface area contributed by atoms with Crippen molar-refractivity contribution in [1.82, 2.24) is 10.0 Å². The van der Waals surface area contributed by atoms with Gasteiger partial charge < -0.3 is 11.1 Å². The van der Waals surface area contributed by atoms with Crippen molar-refractivity contribution >= 4 is 15.9 Å². The highest BCUT2D eigenvalue weighted by Crippen LogP contribution is 1.97. The third-order valence-corrected chi connectivity index (χ3v) is 3.37. The van der Waals surface area contributed by atoms with Gasteiger partial charge in [0.15, 0.2) is 0 Å². The lowest BCUT2D eigenvalue weighted by molar-refractivity contribution is -0.123. The second-order valence-corrected chi connectivity index (χ2v) is 5.63. The maximum atomic E-state index is 11.3. The molecule has 7 heteroatoms. The monoisotopic (exact) mass is 237 g/mol. The number of hydrogen-bond donors (Lipinski definition) is 3. The fourth-order valence-electron chi connectivity index (χ4n) is 0.831. The molecule has 0 fully saturated rings. The molecule has 0 aromatic heterocycles. The highest BCUT2D eigenvalue weighted by atomic mass is 32.2. The van der Waals surface area contributed by atoms with Crippen LogP contribution in [-0.2, 0) is 14.8 Å². The van der Waals surface area contributed by atoms with Crippen molar-refractivity contribution in [3.63, 3.8) is 0 Å². The lowest BCUT2D eigenvalue weighted by atomic mass is 10.1. The van der Waals surface area contributed by atoms with Gasteiger partial charge in [0.1, 0.15) is 0 Å². The molecule has 0 heterocycles. The van der Waals surface area contributed by atoms with E-state index in [1.807, 2.05) is 13.8 Å². The van der Waals surface area contributed by atoms with E-state index in [2.05, 4.69) is 10.0 Å². The summed E-state index contributed by atoms with van der Waals surface area (Å²) in [6, 6.07) is -0.595. The molecule has 0 aliphatic carbocycles. The average molecular weight is 237 g/mol. The van der Waals surface area contributed by atoms with Crippen LogP contribution in [0.3, 0.4) is 0 Å². The molecule has 0 aliphatic heterocycles. The highest BCUT2D eigenvalue weighted by Gasteiger charge is 2.17. The van der Waals surface area contributed by atoms with Crippen molar-refractivity contribution in [3.05, 3.63) is 0 Å². The van der Waals surface area contributed by atoms with Gasteiger partial charge in [0.25, 0.3) is 0 Å². The third-order valence-electron chi connectivity index (χ3n) is 2.00. The van der Waals surface area contributed by atoms with E-state index in [1.54, 1.807) is 0 Å². The molecule has 90 valence electrons. The normalized spacial score (nSPS) is 13.9. The van der Waals surface area contributed by atoms with Crippen LogP contribution < -0.4 is 15.8 Å². The van der Waals surface area contributed by atoms with E-state index in [4.69, 9.17) is 5.73 Å². The first-order valence-electron chi connectivity index (χ1n) is 4.74. The fourth-order valence-corrected chi connectivity index (χ4v) is 1.41. The molecule has 0 aromatic carbocycles. The van der Waals surface area contributed by atoms with E-state index in [9.17, 15) is 13.2 Å². The number of carbonyl (C=O) groups excluding carboxylic acids is 1. The molecule has 0 saturated carbocycles. The van der Waals surface area contributed by atoms with Gasteiger partial charge in [0, 0.05) is 6.54 Å². The summed E-state index contributed by atoms with van der Waals surface area (Å²) in [5.41, 5.74) is 5.57. The summed E-state index contributed by atoms with van der Waals surface area (Å²) in [6.45, 7) is 3.73. The van der Waals surface area contributed by atoms with Gasteiger partial charge in [-0.3, -0.25) is 4.79 Å². The molecule has 4 N–H and O–H groups in total. The number of nitrogens with two attached hydrogens (primary N) is 1. The van der Waals surface area contributed by atoms with Crippen LogP contribution >= 0.6 is 0 Å². The number of rotatable bonds is 6. The second-order valence-electron chi connectivity index (χ2n) is 3.58. The molecular formula is C8H19N3O3S. The molecule has 0 saturated heterocycles. The Morgan fingerprint density at radius 3 is 2.33 bits per heavy atom. The summed E-state index contributed by atoms with van der Waals surface area (Å²) in [4.78, 5) is 11.3. The van der Waals surface area contributed by atoms with Crippen molar-refractivity contribution < 1.29 is 13.2 Å². The van der Waals surface area contributed by atoms with Crippen molar-refractivity contribution in [1.29, 1.82) is 0 Å². The van der Waals surface area contributed by atoms with E-state index in [-0.39, 0.29) is 24.1 Å². The van der Waals surface area contributed by atoms with Crippen LogP contribution in [0.25, 0.3) is 0 Å². The van der Waals surface area contributed by atoms with Crippen molar-refractivity contribution in [3.8, 4) is 0 Å². The Balaban J connectivity index is 3.93. The maximum Gasteiger partial charge on any atom is 0.237 e. The molecule has 0 spiro atoms. The van der Waals surface area contributed by atoms with E-state index >= 15 is 0 Å². The molecule has 0 aromatic rings. The summed E-state index contributed by atoms with van der Waals surface area (Å²) in [5, 5.41) is 2.47. The van der Waals surface area contributed by atoms with E-state index in [0.29, 0.717) is 0 Å². The molecule has 0 aliphatic rings. The molecule has 1 unspecified atom stereocenters. The number of hydrogen-bond acceptors (Lipinski definition) is 4. The molecule has 6 nitrogen and oxygen atoms in total. The van der Waals surface area contributed by atoms with Crippen LogP contribution in [-0.4, -0.2) is 39.7 Å². The number of carbonyl (C=O) groups is 1. The minimum Gasteiger partial charge on any atom is -0.354 e. The van der Waals surface area contributed by atoms with E-state index in [1.165, 1.54) is 7.05 Å². The molecule has 0 radical (unpaired) electrons. The zero-order chi connectivity index (χ0) is 12.1. The largest absolute Gasteiger partial charge is 0.354 e. The van der Waals surface area contributed by atoms with Crippen molar-refractivity contribution in [2.24, 2.45) is 11.7 Å². The Labute approximate surface area is 90.7 Å². The molecule has 0 rings (SSSR count). The summed E-state index contributed by atoms with van der Waals surface area (Å²) >= 11 is 0. The highest BCUT2D eigenvalue weighted by molar-refractivity contribution is 7.89. The Morgan fingerprint density at radius 2 is 1.93 bits per heavy atom. The minimum absolute atomic E-state index is 0.0332. The van der Waals surface area contributed by atoms with Gasteiger partial charge in [0.2, 0.25) is 15.9 Å². The predicted molar refractivity (Wildman–Crippen MR) is 58.7 cm³/mol. The van der Waals surface area contributed by atoms with Gasteiger partial charge in [0.05, 0.1) is 11.8 Å². The van der Waals surface area contributed by atoms with Crippen LogP contribution in [0.2, 0.25) is 0 Å². The summed E-state index contributed by atoms with van der Waals surface area (Å²) in [7, 11) is -1.94. The van der Waals surface area contributed by atoms with E-state index < -0.39 is 16.1 Å². The molecular weight excluding hydrogens is 218 g/mol. The van der Waals surface area contributed by atoms with Gasteiger partial charge in [-0.15, -0.1) is 0 Å². The van der Waals surface area contributed by atoms with Gasteiger partial charge >= 0.3 is 0 Å². The molecule has 0 bridgehead atoms. The van der Waals surface area contributed by atoms with Gasteiger partial charge in [-0.2, -0.15) is 0 Å². The Bertz CT molecular complexity index is 300. The Morgan fingerprint density at radius 1 is 1.40 bits per heavy atom. The van der Waals surface area contributed by atoms with E-state index in [0.717, 1.165) is 0 Å². The lowest BCUT2D eigenvalue weighted by Crippen LogP contribution is -2.45. The second kappa shape index (κ2) is 6.04. The molecule has 1 amide bonds. The first-order chi connectivity index (χ1) is 6.80. The van der Waals surface area contributed by atoms with Gasteiger partial charge in [-0.1, -0.05) is 13.8 Å². The lowest BCUT2D eigenvalue weighted by Gasteiger charge is -2.15. The molecule has 15 heavy (non-hydrogen) atoms. The summed E-state index contributed by atoms with van der Waals surface area (Å²) < 4.78 is 24.1. The predicted octanol–water partition coefficient (Wildman–Crippen LogP) is -1.36. The zero-order valence-electron chi connectivity index (χ0n) is 9.28. The number of sulfonamides is 1. The van der Waals surface area contributed by atoms with Crippen molar-refractivity contribution in [2.75, 3.05) is 19.3 Å². The van der Waals surface area contributed by atoms with Crippen LogP contribution in [0, 0.1) is 5.92 Å².